The summed E-state index contributed by atoms with van der Waals surface area (Å²) in [6.45, 7) is 8.18. The summed E-state index contributed by atoms with van der Waals surface area (Å²) >= 11 is 0. The molecule has 5 nitrogen and oxygen atoms in total. The molecule has 0 fully saturated rings. The van der Waals surface area contributed by atoms with Crippen LogP contribution in [-0.2, 0) is 6.42 Å². The lowest BCUT2D eigenvalue weighted by atomic mass is 10.0. The topological polar surface area (TPSA) is 57.7 Å². The van der Waals surface area contributed by atoms with Gasteiger partial charge in [0.1, 0.15) is 0 Å². The van der Waals surface area contributed by atoms with E-state index in [1.807, 2.05) is 58.0 Å². The summed E-state index contributed by atoms with van der Waals surface area (Å²) < 4.78 is 0. The average molecular weight is 378 g/mol. The number of carbonyl (C=O) groups excluding carboxylic acids is 3. The maximum atomic E-state index is 12.9. The number of carbonyl (C=O) groups is 3. The van der Waals surface area contributed by atoms with Crippen molar-refractivity contribution in [1.82, 2.24) is 9.80 Å². The summed E-state index contributed by atoms with van der Waals surface area (Å²) in [6, 6.07) is 14.6. The molecule has 0 aromatic heterocycles. The van der Waals surface area contributed by atoms with Crippen molar-refractivity contribution in [2.75, 3.05) is 6.54 Å². The number of amides is 3. The maximum Gasteiger partial charge on any atom is 0.261 e. The molecule has 0 saturated carbocycles. The normalized spacial score (nSPS) is 13.4. The number of rotatable bonds is 6. The van der Waals surface area contributed by atoms with Crippen molar-refractivity contribution in [3.05, 3.63) is 70.8 Å². The van der Waals surface area contributed by atoms with Crippen molar-refractivity contribution in [3.63, 3.8) is 0 Å². The van der Waals surface area contributed by atoms with E-state index in [4.69, 9.17) is 0 Å². The SMILES string of the molecule is CC(C)N(C(=O)c1ccc2c(c1)C(=O)N(CCc1ccccc1)C2=O)C(C)C. The fourth-order valence-electron chi connectivity index (χ4n) is 3.73. The molecule has 1 heterocycles. The summed E-state index contributed by atoms with van der Waals surface area (Å²) in [5, 5.41) is 0. The van der Waals surface area contributed by atoms with E-state index >= 15 is 0 Å². The Morgan fingerprint density at radius 2 is 1.50 bits per heavy atom. The van der Waals surface area contributed by atoms with E-state index < -0.39 is 0 Å². The number of imide groups is 1. The second-order valence-electron chi connectivity index (χ2n) is 7.66. The highest BCUT2D eigenvalue weighted by Crippen LogP contribution is 2.25. The van der Waals surface area contributed by atoms with Crippen LogP contribution in [0.3, 0.4) is 0 Å². The Kier molecular flexibility index (Phi) is 5.63. The first-order valence-electron chi connectivity index (χ1n) is 9.68. The van der Waals surface area contributed by atoms with Crippen molar-refractivity contribution in [2.45, 2.75) is 46.2 Å². The molecule has 1 aliphatic heterocycles. The Morgan fingerprint density at radius 3 is 2.11 bits per heavy atom. The van der Waals surface area contributed by atoms with Gasteiger partial charge in [-0.1, -0.05) is 30.3 Å². The summed E-state index contributed by atoms with van der Waals surface area (Å²) in [6.07, 6.45) is 0.604. The fourth-order valence-corrected chi connectivity index (χ4v) is 3.73. The molecule has 5 heteroatoms. The van der Waals surface area contributed by atoms with Gasteiger partial charge in [0.15, 0.2) is 0 Å². The van der Waals surface area contributed by atoms with Gasteiger partial charge in [0.25, 0.3) is 17.7 Å². The molecule has 0 spiro atoms. The first-order valence-corrected chi connectivity index (χ1v) is 9.68. The van der Waals surface area contributed by atoms with Gasteiger partial charge in [-0.15, -0.1) is 0 Å². The molecular weight excluding hydrogens is 352 g/mol. The molecular formula is C23H26N2O3. The molecule has 2 aromatic rings. The minimum atomic E-state index is -0.328. The number of benzene rings is 2. The predicted octanol–water partition coefficient (Wildman–Crippen LogP) is 3.78. The third kappa shape index (κ3) is 3.70. The summed E-state index contributed by atoms with van der Waals surface area (Å²) in [5.41, 5.74) is 2.19. The van der Waals surface area contributed by atoms with E-state index in [1.165, 1.54) is 4.90 Å². The van der Waals surface area contributed by atoms with Crippen molar-refractivity contribution in [2.24, 2.45) is 0 Å². The highest BCUT2D eigenvalue weighted by Gasteiger charge is 2.36. The van der Waals surface area contributed by atoms with E-state index in [1.54, 1.807) is 23.1 Å². The molecule has 0 unspecified atom stereocenters. The Hall–Kier alpha value is -2.95. The van der Waals surface area contributed by atoms with E-state index in [9.17, 15) is 14.4 Å². The van der Waals surface area contributed by atoms with Crippen LogP contribution in [0.1, 0.15) is 64.3 Å². The number of nitrogens with zero attached hydrogens (tertiary/aromatic N) is 2. The molecule has 3 rings (SSSR count). The van der Waals surface area contributed by atoms with Crippen LogP contribution in [-0.4, -0.2) is 46.1 Å². The van der Waals surface area contributed by atoms with E-state index in [0.29, 0.717) is 29.7 Å². The highest BCUT2D eigenvalue weighted by molar-refractivity contribution is 6.22. The van der Waals surface area contributed by atoms with Crippen LogP contribution >= 0.6 is 0 Å². The minimum absolute atomic E-state index is 0.0421. The quantitative estimate of drug-likeness (QED) is 0.719. The monoisotopic (exact) mass is 378 g/mol. The standard InChI is InChI=1S/C23H26N2O3/c1-15(2)25(16(3)4)21(26)18-10-11-19-20(14-18)23(28)24(22(19)27)13-12-17-8-6-5-7-9-17/h5-11,14-16H,12-13H2,1-4H3. The van der Waals surface area contributed by atoms with Crippen LogP contribution in [0, 0.1) is 0 Å². The molecule has 0 bridgehead atoms. The van der Waals surface area contributed by atoms with Gasteiger partial charge in [-0.2, -0.15) is 0 Å². The van der Waals surface area contributed by atoms with Gasteiger partial charge in [-0.3, -0.25) is 19.3 Å². The summed E-state index contributed by atoms with van der Waals surface area (Å²) in [4.78, 5) is 41.5. The molecule has 0 aliphatic carbocycles. The molecule has 1 aliphatic rings. The van der Waals surface area contributed by atoms with Gasteiger partial charge in [0, 0.05) is 24.2 Å². The van der Waals surface area contributed by atoms with Crippen molar-refractivity contribution in [1.29, 1.82) is 0 Å². The van der Waals surface area contributed by atoms with Crippen LogP contribution in [0.4, 0.5) is 0 Å². The summed E-state index contributed by atoms with van der Waals surface area (Å²) in [5.74, 6) is -0.749. The summed E-state index contributed by atoms with van der Waals surface area (Å²) in [7, 11) is 0. The van der Waals surface area contributed by atoms with Crippen molar-refractivity contribution < 1.29 is 14.4 Å². The maximum absolute atomic E-state index is 12.9. The number of hydrogen-bond acceptors (Lipinski definition) is 3. The number of fused-ring (bicyclic) bond motifs is 1. The minimum Gasteiger partial charge on any atom is -0.334 e. The smallest absolute Gasteiger partial charge is 0.261 e. The molecule has 0 N–H and O–H groups in total. The van der Waals surface area contributed by atoms with Crippen molar-refractivity contribution in [3.8, 4) is 0 Å². The van der Waals surface area contributed by atoms with Gasteiger partial charge in [-0.25, -0.2) is 0 Å². The Labute approximate surface area is 166 Å². The first kappa shape index (κ1) is 19.8. The first-order chi connectivity index (χ1) is 13.3. The molecule has 0 saturated heterocycles. The Morgan fingerprint density at radius 1 is 0.893 bits per heavy atom. The van der Waals surface area contributed by atoms with Crippen LogP contribution in [0.5, 0.6) is 0 Å². The van der Waals surface area contributed by atoms with Gasteiger partial charge in [0.05, 0.1) is 11.1 Å². The Bertz CT molecular complexity index is 895. The van der Waals surface area contributed by atoms with E-state index in [2.05, 4.69) is 0 Å². The largest absolute Gasteiger partial charge is 0.334 e. The van der Waals surface area contributed by atoms with Crippen LogP contribution in [0.2, 0.25) is 0 Å². The third-order valence-corrected chi connectivity index (χ3v) is 5.03. The van der Waals surface area contributed by atoms with Crippen molar-refractivity contribution >= 4 is 17.7 Å². The van der Waals surface area contributed by atoms with E-state index in [-0.39, 0.29) is 29.8 Å². The average Bonchev–Trinajstić information content (AvgIpc) is 2.90. The second-order valence-corrected chi connectivity index (χ2v) is 7.66. The van der Waals surface area contributed by atoms with Gasteiger partial charge < -0.3 is 4.90 Å². The lowest BCUT2D eigenvalue weighted by molar-refractivity contribution is 0.0639. The predicted molar refractivity (Wildman–Crippen MR) is 108 cm³/mol. The Balaban J connectivity index is 1.82. The molecule has 2 aromatic carbocycles. The highest BCUT2D eigenvalue weighted by atomic mass is 16.2. The molecule has 0 atom stereocenters. The van der Waals surface area contributed by atoms with Gasteiger partial charge in [-0.05, 0) is 57.9 Å². The lowest BCUT2D eigenvalue weighted by Gasteiger charge is -2.31. The molecule has 146 valence electrons. The molecule has 0 radical (unpaired) electrons. The van der Waals surface area contributed by atoms with Crippen LogP contribution in [0.25, 0.3) is 0 Å². The zero-order valence-electron chi connectivity index (χ0n) is 16.8. The molecule has 28 heavy (non-hydrogen) atoms. The zero-order chi connectivity index (χ0) is 20.4. The third-order valence-electron chi connectivity index (χ3n) is 5.03. The van der Waals surface area contributed by atoms with Crippen LogP contribution < -0.4 is 0 Å². The van der Waals surface area contributed by atoms with Gasteiger partial charge in [0.2, 0.25) is 0 Å². The number of hydrogen-bond donors (Lipinski definition) is 0. The lowest BCUT2D eigenvalue weighted by Crippen LogP contribution is -2.42. The zero-order valence-corrected chi connectivity index (χ0v) is 16.8. The second kappa shape index (κ2) is 7.97. The van der Waals surface area contributed by atoms with E-state index in [0.717, 1.165) is 5.56 Å². The fraction of sp³-hybridized carbons (Fsp3) is 0.348. The van der Waals surface area contributed by atoms with Crippen LogP contribution in [0.15, 0.2) is 48.5 Å². The molecule has 3 amide bonds. The van der Waals surface area contributed by atoms with Gasteiger partial charge >= 0.3 is 0 Å².